The molecule has 0 aromatic heterocycles. The van der Waals surface area contributed by atoms with E-state index in [0.717, 1.165) is 63.7 Å². The fraction of sp³-hybridized carbons (Fsp3) is 0.533. The number of hydroxylamine groups is 2. The number of benzene rings is 2. The molecule has 2 aromatic carbocycles. The van der Waals surface area contributed by atoms with Gasteiger partial charge in [-0.2, -0.15) is 0 Å². The Morgan fingerprint density at radius 3 is 2.58 bits per heavy atom. The third kappa shape index (κ3) is 9.28. The number of urea groups is 1. The molecular formula is C30H44N3O7+. The lowest BCUT2D eigenvalue weighted by molar-refractivity contribution is -0.168. The summed E-state index contributed by atoms with van der Waals surface area (Å²) in [6.07, 6.45) is 6.29. The lowest BCUT2D eigenvalue weighted by Crippen LogP contribution is -2.52. The first-order valence-electron chi connectivity index (χ1n) is 14.2. The molecule has 1 heterocycles. The number of aliphatic hydroxyl groups excluding tert-OH is 2. The van der Waals surface area contributed by atoms with Crippen molar-refractivity contribution < 1.29 is 34.5 Å². The SMILES string of the molecule is CC(=O)O[N+]1(c2cccc(CCCCOCCCCCCNC[C@@H](O)c3ccc(O)c(CO)c3)c2)CCNC1=O. The topological polar surface area (TPSA) is 137 Å². The van der Waals surface area contributed by atoms with Gasteiger partial charge in [0.05, 0.1) is 19.3 Å². The zero-order chi connectivity index (χ0) is 28.8. The van der Waals surface area contributed by atoms with Crippen LogP contribution in [-0.2, 0) is 27.4 Å². The molecular weight excluding hydrogens is 514 g/mol. The second-order valence-corrected chi connectivity index (χ2v) is 10.2. The number of ether oxygens (including phenoxy) is 1. The summed E-state index contributed by atoms with van der Waals surface area (Å²) in [6.45, 7) is 4.59. The highest BCUT2D eigenvalue weighted by atomic mass is 16.8. The highest BCUT2D eigenvalue weighted by Gasteiger charge is 2.49. The number of aliphatic hydroxyl groups is 2. The van der Waals surface area contributed by atoms with Crippen molar-refractivity contribution in [3.63, 3.8) is 0 Å². The first-order chi connectivity index (χ1) is 19.4. The lowest BCUT2D eigenvalue weighted by Gasteiger charge is -2.25. The predicted octanol–water partition coefficient (Wildman–Crippen LogP) is 3.62. The van der Waals surface area contributed by atoms with E-state index >= 15 is 0 Å². The second kappa shape index (κ2) is 16.3. The Morgan fingerprint density at radius 2 is 1.85 bits per heavy atom. The van der Waals surface area contributed by atoms with Crippen molar-refractivity contribution in [3.05, 3.63) is 59.2 Å². The molecule has 5 N–H and O–H groups in total. The molecule has 1 fully saturated rings. The van der Waals surface area contributed by atoms with Crippen molar-refractivity contribution in [3.8, 4) is 5.75 Å². The Kier molecular flexibility index (Phi) is 12.8. The molecule has 1 unspecified atom stereocenters. The maximum absolute atomic E-state index is 12.5. The van der Waals surface area contributed by atoms with Crippen LogP contribution in [0.3, 0.4) is 0 Å². The summed E-state index contributed by atoms with van der Waals surface area (Å²) in [5.74, 6) is -0.457. The number of amides is 2. The summed E-state index contributed by atoms with van der Waals surface area (Å²) >= 11 is 0. The van der Waals surface area contributed by atoms with Crippen LogP contribution in [0.25, 0.3) is 0 Å². The number of nitrogens with zero attached hydrogens (tertiary/aromatic N) is 1. The number of carbonyl (C=O) groups is 2. The van der Waals surface area contributed by atoms with Crippen LogP contribution in [-0.4, -0.2) is 66.7 Å². The summed E-state index contributed by atoms with van der Waals surface area (Å²) in [4.78, 5) is 29.5. The molecule has 2 atom stereocenters. The fourth-order valence-corrected chi connectivity index (χ4v) is 4.83. The van der Waals surface area contributed by atoms with E-state index in [1.54, 1.807) is 12.1 Å². The minimum absolute atomic E-state index is 0.0318. The van der Waals surface area contributed by atoms with E-state index in [4.69, 9.17) is 9.57 Å². The molecule has 1 saturated heterocycles. The van der Waals surface area contributed by atoms with Crippen LogP contribution in [0.1, 0.15) is 68.2 Å². The van der Waals surface area contributed by atoms with Gasteiger partial charge in [-0.3, -0.25) is 10.2 Å². The zero-order valence-corrected chi connectivity index (χ0v) is 23.4. The average Bonchev–Trinajstić information content (AvgIpc) is 3.31. The molecule has 3 rings (SSSR count). The molecule has 0 spiro atoms. The van der Waals surface area contributed by atoms with Gasteiger partial charge in [0, 0.05) is 44.4 Å². The molecule has 0 bridgehead atoms. The molecule has 0 radical (unpaired) electrons. The van der Waals surface area contributed by atoms with Crippen molar-refractivity contribution in [1.29, 1.82) is 0 Å². The van der Waals surface area contributed by atoms with Crippen LogP contribution in [0.4, 0.5) is 10.5 Å². The van der Waals surface area contributed by atoms with Gasteiger partial charge >= 0.3 is 12.0 Å². The Morgan fingerprint density at radius 1 is 1.07 bits per heavy atom. The molecule has 0 aliphatic carbocycles. The monoisotopic (exact) mass is 558 g/mol. The van der Waals surface area contributed by atoms with Gasteiger partial charge in [-0.15, -0.1) is 0 Å². The minimum Gasteiger partial charge on any atom is -0.508 e. The van der Waals surface area contributed by atoms with E-state index < -0.39 is 16.7 Å². The number of quaternary nitrogens is 1. The number of aryl methyl sites for hydroxylation is 1. The maximum atomic E-state index is 12.5. The van der Waals surface area contributed by atoms with E-state index in [-0.39, 0.29) is 18.4 Å². The van der Waals surface area contributed by atoms with Crippen LogP contribution in [0.15, 0.2) is 42.5 Å². The van der Waals surface area contributed by atoms with Crippen LogP contribution >= 0.6 is 0 Å². The quantitative estimate of drug-likeness (QED) is 0.138. The lowest BCUT2D eigenvalue weighted by atomic mass is 10.1. The smallest absolute Gasteiger partial charge is 0.464 e. The number of hydrogen-bond acceptors (Lipinski definition) is 8. The molecule has 1 aliphatic heterocycles. The summed E-state index contributed by atoms with van der Waals surface area (Å²) in [5, 5.41) is 35.2. The molecule has 2 aromatic rings. The highest BCUT2D eigenvalue weighted by molar-refractivity contribution is 5.89. The standard InChI is InChI=1S/C30H43N3O7/c1-23(35)40-33(16-15-32-30(33)38)27-11-8-10-24(19-27)9-4-7-18-39-17-6-3-2-5-14-31-21-29(37)25-12-13-28(36)26(20-25)22-34/h8,10-13,19-20,29,31,34,37H,2-7,9,14-18,21-22H2,1H3,(H-,32,36,38)/p+1/t29-,33?/m1/s1. The number of unbranched alkanes of at least 4 members (excludes halogenated alkanes) is 4. The molecule has 1 aliphatic rings. The van der Waals surface area contributed by atoms with Crippen LogP contribution in [0, 0.1) is 0 Å². The van der Waals surface area contributed by atoms with Gasteiger partial charge in [0.2, 0.25) is 0 Å². The van der Waals surface area contributed by atoms with E-state index in [1.807, 2.05) is 24.3 Å². The Bertz CT molecular complexity index is 1100. The van der Waals surface area contributed by atoms with E-state index in [9.17, 15) is 24.9 Å². The van der Waals surface area contributed by atoms with E-state index in [2.05, 4.69) is 10.6 Å². The molecule has 40 heavy (non-hydrogen) atoms. The highest BCUT2D eigenvalue weighted by Crippen LogP contribution is 2.28. The van der Waals surface area contributed by atoms with Gasteiger partial charge in [-0.25, -0.2) is 9.59 Å². The normalized spacial score (nSPS) is 17.5. The Hall–Kier alpha value is -3.02. The number of rotatable bonds is 18. The summed E-state index contributed by atoms with van der Waals surface area (Å²) < 4.78 is 5.35. The number of phenols is 1. The Balaban J connectivity index is 1.21. The predicted molar refractivity (Wildman–Crippen MR) is 152 cm³/mol. The number of carbonyl (C=O) groups excluding carboxylic acids is 2. The fourth-order valence-electron chi connectivity index (χ4n) is 4.83. The van der Waals surface area contributed by atoms with Crippen molar-refractivity contribution >= 4 is 17.7 Å². The maximum Gasteiger partial charge on any atom is 0.464 e. The van der Waals surface area contributed by atoms with Gasteiger partial charge in [0.25, 0.3) is 0 Å². The Labute approximate surface area is 236 Å². The molecule has 2 amide bonds. The first kappa shape index (κ1) is 31.5. The van der Waals surface area contributed by atoms with E-state index in [0.29, 0.717) is 43.1 Å². The van der Waals surface area contributed by atoms with Crippen molar-refractivity contribution in [2.24, 2.45) is 0 Å². The minimum atomic E-state index is -0.686. The largest absolute Gasteiger partial charge is 0.508 e. The van der Waals surface area contributed by atoms with Gasteiger partial charge in [0.1, 0.15) is 5.75 Å². The average molecular weight is 559 g/mol. The van der Waals surface area contributed by atoms with Gasteiger partial charge in [-0.1, -0.05) is 31.0 Å². The molecule has 10 nitrogen and oxygen atoms in total. The third-order valence-corrected chi connectivity index (χ3v) is 7.04. The third-order valence-electron chi connectivity index (χ3n) is 7.04. The zero-order valence-electron chi connectivity index (χ0n) is 23.4. The van der Waals surface area contributed by atoms with E-state index in [1.165, 1.54) is 13.0 Å². The van der Waals surface area contributed by atoms with Crippen LogP contribution < -0.4 is 15.3 Å². The molecule has 220 valence electrons. The second-order valence-electron chi connectivity index (χ2n) is 10.2. The first-order valence-corrected chi connectivity index (χ1v) is 14.2. The summed E-state index contributed by atoms with van der Waals surface area (Å²) in [7, 11) is 0. The van der Waals surface area contributed by atoms with Gasteiger partial charge in [0.15, 0.2) is 12.2 Å². The number of nitrogens with one attached hydrogen (secondary N) is 2. The summed E-state index contributed by atoms with van der Waals surface area (Å²) in [5.41, 5.74) is 2.85. The number of hydrogen-bond donors (Lipinski definition) is 5. The van der Waals surface area contributed by atoms with Gasteiger partial charge in [-0.05, 0) is 66.6 Å². The molecule has 0 saturated carbocycles. The van der Waals surface area contributed by atoms with Crippen molar-refractivity contribution in [1.82, 2.24) is 15.3 Å². The van der Waals surface area contributed by atoms with Gasteiger partial charge < -0.3 is 25.4 Å². The number of aromatic hydroxyl groups is 1. The van der Waals surface area contributed by atoms with Crippen LogP contribution in [0.5, 0.6) is 5.75 Å². The molecule has 10 heteroatoms. The van der Waals surface area contributed by atoms with Crippen molar-refractivity contribution in [2.45, 2.75) is 64.6 Å². The van der Waals surface area contributed by atoms with Crippen LogP contribution in [0.2, 0.25) is 0 Å². The summed E-state index contributed by atoms with van der Waals surface area (Å²) in [6, 6.07) is 12.2. The van der Waals surface area contributed by atoms with Crippen molar-refractivity contribution in [2.75, 3.05) is 39.4 Å².